The van der Waals surface area contributed by atoms with Gasteiger partial charge in [-0.05, 0) is 50.7 Å². The summed E-state index contributed by atoms with van der Waals surface area (Å²) >= 11 is 0. The number of benzene rings is 1. The molecule has 1 aromatic carbocycles. The van der Waals surface area contributed by atoms with Gasteiger partial charge < -0.3 is 19.1 Å². The van der Waals surface area contributed by atoms with E-state index < -0.39 is 28.0 Å². The van der Waals surface area contributed by atoms with Crippen LogP contribution in [0.3, 0.4) is 0 Å². The first-order valence-electron chi connectivity index (χ1n) is 12.1. The molecular formula is C24H34N2O7S. The van der Waals surface area contributed by atoms with Crippen molar-refractivity contribution in [2.24, 2.45) is 11.8 Å². The van der Waals surface area contributed by atoms with Gasteiger partial charge in [-0.25, -0.2) is 8.42 Å². The molecule has 3 aliphatic heterocycles. The molecule has 0 aromatic heterocycles. The van der Waals surface area contributed by atoms with Crippen molar-refractivity contribution in [1.29, 1.82) is 0 Å². The molecule has 1 atom stereocenters. The van der Waals surface area contributed by atoms with Crippen LogP contribution in [0.4, 0.5) is 0 Å². The van der Waals surface area contributed by atoms with Crippen LogP contribution >= 0.6 is 0 Å². The molecule has 1 unspecified atom stereocenters. The zero-order valence-corrected chi connectivity index (χ0v) is 20.7. The van der Waals surface area contributed by atoms with Crippen LogP contribution in [-0.4, -0.2) is 75.0 Å². The van der Waals surface area contributed by atoms with Gasteiger partial charge in [0.25, 0.3) is 5.91 Å². The van der Waals surface area contributed by atoms with Crippen molar-refractivity contribution in [3.05, 3.63) is 18.2 Å². The minimum Gasteiger partial charge on any atom is -0.490 e. The van der Waals surface area contributed by atoms with Crippen molar-refractivity contribution < 1.29 is 32.2 Å². The molecule has 10 heteroatoms. The first-order valence-corrected chi connectivity index (χ1v) is 13.6. The van der Waals surface area contributed by atoms with Gasteiger partial charge >= 0.3 is 5.97 Å². The molecule has 0 aliphatic carbocycles. The molecule has 0 N–H and O–H groups in total. The van der Waals surface area contributed by atoms with Crippen LogP contribution in [0.15, 0.2) is 23.1 Å². The lowest BCUT2D eigenvalue weighted by atomic mass is 9.98. The highest BCUT2D eigenvalue weighted by molar-refractivity contribution is 7.89. The number of carbonyl (C=O) groups excluding carboxylic acids is 2. The van der Waals surface area contributed by atoms with E-state index >= 15 is 0 Å². The van der Waals surface area contributed by atoms with Gasteiger partial charge in [0.1, 0.15) is 0 Å². The second-order valence-electron chi connectivity index (χ2n) is 9.42. The summed E-state index contributed by atoms with van der Waals surface area (Å²) in [6.45, 7) is 6.60. The summed E-state index contributed by atoms with van der Waals surface area (Å²) < 4.78 is 44.4. The van der Waals surface area contributed by atoms with Crippen LogP contribution < -0.4 is 9.47 Å². The van der Waals surface area contributed by atoms with Crippen molar-refractivity contribution in [3.63, 3.8) is 0 Å². The van der Waals surface area contributed by atoms with E-state index in [1.807, 2.05) is 0 Å². The maximum absolute atomic E-state index is 13.2. The third kappa shape index (κ3) is 5.49. The summed E-state index contributed by atoms with van der Waals surface area (Å²) in [5.74, 6) is 0.565. The van der Waals surface area contributed by atoms with Crippen molar-refractivity contribution in [2.45, 2.75) is 57.0 Å². The van der Waals surface area contributed by atoms with Gasteiger partial charge in [0.15, 0.2) is 17.6 Å². The average Bonchev–Trinajstić information content (AvgIpc) is 3.09. The lowest BCUT2D eigenvalue weighted by Gasteiger charge is -2.33. The Balaban J connectivity index is 1.31. The molecule has 1 aromatic rings. The van der Waals surface area contributed by atoms with Crippen LogP contribution in [0.25, 0.3) is 0 Å². The zero-order valence-electron chi connectivity index (χ0n) is 19.9. The maximum Gasteiger partial charge on any atom is 0.309 e. The van der Waals surface area contributed by atoms with Gasteiger partial charge in [0.05, 0.1) is 24.0 Å². The van der Waals surface area contributed by atoms with Crippen LogP contribution in [0.1, 0.15) is 46.0 Å². The fourth-order valence-corrected chi connectivity index (χ4v) is 6.08. The number of ether oxygens (including phenoxy) is 3. The first-order chi connectivity index (χ1) is 16.3. The topological polar surface area (TPSA) is 102 Å². The van der Waals surface area contributed by atoms with E-state index in [4.69, 9.17) is 14.2 Å². The summed E-state index contributed by atoms with van der Waals surface area (Å²) in [5.41, 5.74) is 0. The summed E-state index contributed by atoms with van der Waals surface area (Å²) in [4.78, 5) is 27.2. The van der Waals surface area contributed by atoms with E-state index in [0.29, 0.717) is 56.6 Å². The van der Waals surface area contributed by atoms with Gasteiger partial charge in [0.2, 0.25) is 10.0 Å². The fourth-order valence-electron chi connectivity index (χ4n) is 4.59. The Hall–Kier alpha value is -2.33. The Labute approximate surface area is 201 Å². The van der Waals surface area contributed by atoms with E-state index in [1.54, 1.807) is 17.9 Å². The summed E-state index contributed by atoms with van der Waals surface area (Å²) in [7, 11) is -3.73. The average molecular weight is 495 g/mol. The van der Waals surface area contributed by atoms with Crippen molar-refractivity contribution in [2.75, 3.05) is 39.4 Å². The molecule has 3 heterocycles. The smallest absolute Gasteiger partial charge is 0.309 e. The Morgan fingerprint density at radius 2 is 1.65 bits per heavy atom. The van der Waals surface area contributed by atoms with Gasteiger partial charge in [-0.3, -0.25) is 9.59 Å². The molecule has 3 aliphatic rings. The summed E-state index contributed by atoms with van der Waals surface area (Å²) in [6.07, 6.45) is 2.53. The van der Waals surface area contributed by atoms with E-state index in [0.717, 1.165) is 19.3 Å². The number of likely N-dealkylation sites (tertiary alicyclic amines) is 1. The van der Waals surface area contributed by atoms with Crippen LogP contribution in [0.2, 0.25) is 0 Å². The fraction of sp³-hybridized carbons (Fsp3) is 0.667. The number of sulfonamides is 1. The van der Waals surface area contributed by atoms with Crippen LogP contribution in [-0.2, 0) is 24.3 Å². The van der Waals surface area contributed by atoms with Gasteiger partial charge in [-0.1, -0.05) is 6.92 Å². The first kappa shape index (κ1) is 24.8. The van der Waals surface area contributed by atoms with E-state index in [2.05, 4.69) is 6.92 Å². The SMILES string of the molecule is CC1CCN(C(=O)C(C)OC(=O)C2CCN(S(=O)(=O)c3ccc4c(c3)OCCCO4)CC2)CC1. The molecule has 9 nitrogen and oxygen atoms in total. The Bertz CT molecular complexity index is 997. The predicted molar refractivity (Wildman–Crippen MR) is 124 cm³/mol. The minimum atomic E-state index is -3.73. The number of piperidine rings is 2. The molecule has 34 heavy (non-hydrogen) atoms. The number of hydrogen-bond acceptors (Lipinski definition) is 7. The predicted octanol–water partition coefficient (Wildman–Crippen LogP) is 2.44. The molecule has 4 rings (SSSR count). The lowest BCUT2D eigenvalue weighted by molar-refractivity contribution is -0.164. The molecule has 0 bridgehead atoms. The lowest BCUT2D eigenvalue weighted by Crippen LogP contribution is -2.45. The van der Waals surface area contributed by atoms with Crippen LogP contribution in [0, 0.1) is 11.8 Å². The van der Waals surface area contributed by atoms with Gasteiger partial charge in [0, 0.05) is 38.7 Å². The number of esters is 1. The standard InChI is InChI=1S/C24H34N2O7S/c1-17-6-10-25(11-7-17)23(27)18(2)33-24(28)19-8-12-26(13-9-19)34(29,30)20-4-5-21-22(16-20)32-15-3-14-31-21/h4-5,16-19H,3,6-15H2,1-2H3. The molecular weight excluding hydrogens is 460 g/mol. The Morgan fingerprint density at radius 1 is 1.00 bits per heavy atom. The van der Waals surface area contributed by atoms with Gasteiger partial charge in [-0.15, -0.1) is 0 Å². The molecule has 0 radical (unpaired) electrons. The zero-order chi connectivity index (χ0) is 24.3. The number of amides is 1. The highest BCUT2D eigenvalue weighted by Crippen LogP contribution is 2.34. The largest absolute Gasteiger partial charge is 0.490 e. The molecule has 188 valence electrons. The molecule has 0 saturated carbocycles. The Morgan fingerprint density at radius 3 is 2.32 bits per heavy atom. The van der Waals surface area contributed by atoms with Crippen LogP contribution in [0.5, 0.6) is 11.5 Å². The molecule has 1 amide bonds. The third-order valence-corrected chi connectivity index (χ3v) is 8.77. The van der Waals surface area contributed by atoms with Crippen molar-refractivity contribution >= 4 is 21.9 Å². The second-order valence-corrected chi connectivity index (χ2v) is 11.4. The molecule has 2 saturated heterocycles. The van der Waals surface area contributed by atoms with E-state index in [-0.39, 0.29) is 23.9 Å². The highest BCUT2D eigenvalue weighted by atomic mass is 32.2. The number of carbonyl (C=O) groups is 2. The van der Waals surface area contributed by atoms with E-state index in [1.165, 1.54) is 16.4 Å². The van der Waals surface area contributed by atoms with Crippen molar-refractivity contribution in [1.82, 2.24) is 9.21 Å². The van der Waals surface area contributed by atoms with Crippen molar-refractivity contribution in [3.8, 4) is 11.5 Å². The second kappa shape index (κ2) is 10.5. The number of rotatable bonds is 5. The number of fused-ring (bicyclic) bond motifs is 1. The normalized spacial score (nSPS) is 21.5. The number of nitrogens with zero attached hydrogens (tertiary/aromatic N) is 2. The van der Waals surface area contributed by atoms with E-state index in [9.17, 15) is 18.0 Å². The minimum absolute atomic E-state index is 0.146. The quantitative estimate of drug-likeness (QED) is 0.579. The molecule has 0 spiro atoms. The third-order valence-electron chi connectivity index (χ3n) is 6.88. The highest BCUT2D eigenvalue weighted by Gasteiger charge is 2.35. The summed E-state index contributed by atoms with van der Waals surface area (Å²) in [5, 5.41) is 0. The van der Waals surface area contributed by atoms with Gasteiger partial charge in [-0.2, -0.15) is 4.31 Å². The molecule has 2 fully saturated rings. The maximum atomic E-state index is 13.2. The number of hydrogen-bond donors (Lipinski definition) is 0. The Kier molecular flexibility index (Phi) is 7.67. The monoisotopic (exact) mass is 494 g/mol. The summed E-state index contributed by atoms with van der Waals surface area (Å²) in [6, 6.07) is 4.65.